The van der Waals surface area contributed by atoms with Gasteiger partial charge in [0.1, 0.15) is 0 Å². The van der Waals surface area contributed by atoms with Gasteiger partial charge in [-0.15, -0.1) is 0 Å². The molecule has 2 nitrogen and oxygen atoms in total. The first-order valence-electron chi connectivity index (χ1n) is 5.16. The van der Waals surface area contributed by atoms with Crippen LogP contribution >= 0.6 is 15.9 Å². The van der Waals surface area contributed by atoms with E-state index in [1.54, 1.807) is 0 Å². The highest BCUT2D eigenvalue weighted by Crippen LogP contribution is 2.27. The molecular formula is C14H11BrO2. The van der Waals surface area contributed by atoms with Gasteiger partial charge in [0.25, 0.3) is 0 Å². The molecule has 0 fully saturated rings. The topological polar surface area (TPSA) is 26.3 Å². The third-order valence-electron chi connectivity index (χ3n) is 2.42. The van der Waals surface area contributed by atoms with Crippen LogP contribution in [0.1, 0.15) is 10.6 Å². The largest absolute Gasteiger partial charge is 0.443 e. The van der Waals surface area contributed by atoms with Gasteiger partial charge in [0.05, 0.1) is 0 Å². The number of hydrogen-bond donors (Lipinski definition) is 0. The van der Waals surface area contributed by atoms with Gasteiger partial charge in [-0.25, -0.2) is 4.79 Å². The summed E-state index contributed by atoms with van der Waals surface area (Å²) >= 11 is 3.32. The summed E-state index contributed by atoms with van der Waals surface area (Å²) in [7, 11) is 0. The molecule has 0 amide bonds. The highest BCUT2D eigenvalue weighted by Gasteiger charge is 2.11. The Hall–Kier alpha value is -1.61. The molecule has 3 heteroatoms. The minimum absolute atomic E-state index is 0.444. The van der Waals surface area contributed by atoms with Gasteiger partial charge in [-0.3, -0.25) is 0 Å². The summed E-state index contributed by atoms with van der Waals surface area (Å²) < 4.78 is 5.09. The Morgan fingerprint density at radius 1 is 1.24 bits per heavy atom. The van der Waals surface area contributed by atoms with Crippen molar-refractivity contribution in [3.8, 4) is 0 Å². The van der Waals surface area contributed by atoms with Gasteiger partial charge in [0, 0.05) is 11.6 Å². The van der Waals surface area contributed by atoms with Gasteiger partial charge in [0.2, 0.25) is 0 Å². The molecule has 1 atom stereocenters. The average Bonchev–Trinajstić information content (AvgIpc) is 2.38. The first-order valence-corrected chi connectivity index (χ1v) is 6.08. The van der Waals surface area contributed by atoms with Crippen molar-refractivity contribution in [1.82, 2.24) is 0 Å². The average molecular weight is 291 g/mol. The lowest BCUT2D eigenvalue weighted by Crippen LogP contribution is -2.03. The lowest BCUT2D eigenvalue weighted by molar-refractivity contribution is -0.139. The van der Waals surface area contributed by atoms with Crippen LogP contribution in [0.2, 0.25) is 0 Å². The fourth-order valence-electron chi connectivity index (χ4n) is 1.57. The summed E-state index contributed by atoms with van der Waals surface area (Å²) in [5.74, 6) is -0.444. The van der Waals surface area contributed by atoms with Crippen LogP contribution in [-0.4, -0.2) is 5.97 Å². The Morgan fingerprint density at radius 2 is 1.94 bits per heavy atom. The van der Waals surface area contributed by atoms with Crippen molar-refractivity contribution in [1.29, 1.82) is 0 Å². The zero-order chi connectivity index (χ0) is 12.3. The predicted molar refractivity (Wildman–Crippen MR) is 71.9 cm³/mol. The second-order valence-electron chi connectivity index (χ2n) is 3.56. The zero-order valence-corrected chi connectivity index (χ0v) is 10.7. The highest BCUT2D eigenvalue weighted by molar-refractivity contribution is 9.09. The number of hydrogen-bond acceptors (Lipinski definition) is 2. The number of carbonyl (C=O) groups is 1. The van der Waals surface area contributed by atoms with Crippen LogP contribution in [-0.2, 0) is 9.53 Å². The number of alkyl halides is 1. The van der Waals surface area contributed by atoms with E-state index in [0.717, 1.165) is 22.4 Å². The number of rotatable bonds is 3. The Labute approximate surface area is 108 Å². The molecule has 0 bridgehead atoms. The van der Waals surface area contributed by atoms with Crippen molar-refractivity contribution in [2.75, 3.05) is 0 Å². The molecule has 0 N–H and O–H groups in total. The first kappa shape index (κ1) is 11.9. The van der Waals surface area contributed by atoms with E-state index >= 15 is 0 Å². The van der Waals surface area contributed by atoms with Crippen LogP contribution < -0.4 is 0 Å². The minimum atomic E-state index is -0.447. The minimum Gasteiger partial charge on any atom is -0.443 e. The fourth-order valence-corrected chi connectivity index (χ4v) is 2.04. The van der Waals surface area contributed by atoms with Gasteiger partial charge >= 0.3 is 5.97 Å². The molecular weight excluding hydrogens is 280 g/mol. The van der Waals surface area contributed by atoms with Crippen LogP contribution in [0.5, 0.6) is 0 Å². The van der Waals surface area contributed by atoms with Crippen molar-refractivity contribution in [2.24, 2.45) is 0 Å². The summed E-state index contributed by atoms with van der Waals surface area (Å²) in [6.45, 7) is 3.36. The number of carbonyl (C=O) groups excluding carboxylic acids is 1. The summed E-state index contributed by atoms with van der Waals surface area (Å²) in [6.07, 6.45) is 1.15. The Bertz CT molecular complexity index is 563. The maximum atomic E-state index is 11.1. The maximum absolute atomic E-state index is 11.1. The van der Waals surface area contributed by atoms with E-state index in [2.05, 4.69) is 22.5 Å². The van der Waals surface area contributed by atoms with Crippen LogP contribution in [0.15, 0.2) is 55.1 Å². The molecule has 0 aliphatic rings. The molecule has 86 valence electrons. The number of fused-ring (bicyclic) bond motifs is 1. The van der Waals surface area contributed by atoms with E-state index in [-0.39, 0.29) is 0 Å². The fraction of sp³-hybridized carbons (Fsp3) is 0.0714. The lowest BCUT2D eigenvalue weighted by atomic mass is 10.1. The molecule has 2 aromatic rings. The van der Waals surface area contributed by atoms with Crippen LogP contribution in [0.4, 0.5) is 0 Å². The first-order chi connectivity index (χ1) is 8.20. The molecule has 0 saturated carbocycles. The van der Waals surface area contributed by atoms with Gasteiger partial charge in [0.15, 0.2) is 5.01 Å². The molecule has 0 radical (unpaired) electrons. The summed E-state index contributed by atoms with van der Waals surface area (Å²) in [5.41, 5.74) is 0.902. The van der Waals surface area contributed by atoms with Crippen LogP contribution in [0, 0.1) is 0 Å². The van der Waals surface area contributed by atoms with E-state index in [1.807, 2.05) is 42.5 Å². The third kappa shape index (κ3) is 2.74. The molecule has 2 aromatic carbocycles. The molecule has 0 saturated heterocycles. The number of benzene rings is 2. The molecule has 1 unspecified atom stereocenters. The molecule has 0 aromatic heterocycles. The van der Waals surface area contributed by atoms with Crippen molar-refractivity contribution >= 4 is 32.7 Å². The summed E-state index contributed by atoms with van der Waals surface area (Å²) in [5, 5.41) is 1.83. The summed E-state index contributed by atoms with van der Waals surface area (Å²) in [6, 6.07) is 14.0. The van der Waals surface area contributed by atoms with E-state index < -0.39 is 11.0 Å². The monoisotopic (exact) mass is 290 g/mol. The lowest BCUT2D eigenvalue weighted by Gasteiger charge is -2.11. The van der Waals surface area contributed by atoms with E-state index in [9.17, 15) is 4.79 Å². The smallest absolute Gasteiger partial charge is 0.331 e. The normalized spacial score (nSPS) is 12.1. The molecule has 0 aliphatic heterocycles. The van der Waals surface area contributed by atoms with Crippen molar-refractivity contribution in [3.05, 3.63) is 60.7 Å². The van der Waals surface area contributed by atoms with Crippen LogP contribution in [0.3, 0.4) is 0 Å². The van der Waals surface area contributed by atoms with Gasteiger partial charge in [-0.1, -0.05) is 43.0 Å². The molecule has 0 spiro atoms. The van der Waals surface area contributed by atoms with Crippen molar-refractivity contribution in [3.63, 3.8) is 0 Å². The van der Waals surface area contributed by atoms with Gasteiger partial charge in [-0.2, -0.15) is 0 Å². The highest BCUT2D eigenvalue weighted by atomic mass is 79.9. The second-order valence-corrected chi connectivity index (χ2v) is 4.40. The Kier molecular flexibility index (Phi) is 3.59. The van der Waals surface area contributed by atoms with Gasteiger partial charge in [-0.05, 0) is 32.8 Å². The van der Waals surface area contributed by atoms with Gasteiger partial charge < -0.3 is 4.74 Å². The Balaban J connectivity index is 2.29. The third-order valence-corrected chi connectivity index (χ3v) is 3.14. The zero-order valence-electron chi connectivity index (χ0n) is 9.10. The maximum Gasteiger partial charge on any atom is 0.331 e. The predicted octanol–water partition coefficient (Wildman–Crippen LogP) is 3.96. The van der Waals surface area contributed by atoms with E-state index in [4.69, 9.17) is 4.74 Å². The molecule has 0 heterocycles. The van der Waals surface area contributed by atoms with E-state index in [0.29, 0.717) is 0 Å². The van der Waals surface area contributed by atoms with Crippen molar-refractivity contribution in [2.45, 2.75) is 5.01 Å². The SMILES string of the molecule is C=CC(=O)OC(Br)c1ccc2ccccc2c1. The van der Waals surface area contributed by atoms with E-state index in [1.165, 1.54) is 0 Å². The standard InChI is InChI=1S/C14H11BrO2/c1-2-13(16)17-14(15)12-8-7-10-5-3-4-6-11(10)9-12/h2-9,14H,1H2. The number of ether oxygens (including phenoxy) is 1. The Morgan fingerprint density at radius 3 is 2.65 bits per heavy atom. The quantitative estimate of drug-likeness (QED) is 0.486. The number of halogens is 1. The van der Waals surface area contributed by atoms with Crippen molar-refractivity contribution < 1.29 is 9.53 Å². The molecule has 2 rings (SSSR count). The second kappa shape index (κ2) is 5.15. The summed E-state index contributed by atoms with van der Waals surface area (Å²) in [4.78, 5) is 11.1. The molecule has 0 aliphatic carbocycles. The molecule has 17 heavy (non-hydrogen) atoms. The van der Waals surface area contributed by atoms with Crippen LogP contribution in [0.25, 0.3) is 10.8 Å². The number of esters is 1.